The average molecular weight is 352 g/mol. The quantitative estimate of drug-likeness (QED) is 0.536. The zero-order chi connectivity index (χ0) is 16.7. The van der Waals surface area contributed by atoms with Crippen LogP contribution in [0.15, 0.2) is 48.5 Å². The van der Waals surface area contributed by atoms with Gasteiger partial charge in [-0.1, -0.05) is 47.5 Å². The Kier molecular flexibility index (Phi) is 3.95. The van der Waals surface area contributed by atoms with Crippen molar-refractivity contribution in [3.63, 3.8) is 0 Å². The highest BCUT2D eigenvalue weighted by Crippen LogP contribution is 2.40. The minimum absolute atomic E-state index is 0.783. The van der Waals surface area contributed by atoms with E-state index in [1.165, 1.54) is 32.7 Å². The zero-order valence-electron chi connectivity index (χ0n) is 13.5. The first-order valence-electron chi connectivity index (χ1n) is 8.06. The van der Waals surface area contributed by atoms with Crippen molar-refractivity contribution < 1.29 is 0 Å². The van der Waals surface area contributed by atoms with Crippen molar-refractivity contribution in [1.29, 1.82) is 0 Å². The summed E-state index contributed by atoms with van der Waals surface area (Å²) in [5.74, 6) is 0. The topological polar surface area (TPSA) is 26.0 Å². The van der Waals surface area contributed by atoms with Gasteiger partial charge in [0.05, 0.1) is 4.34 Å². The van der Waals surface area contributed by atoms with Gasteiger partial charge in [-0.25, -0.2) is 0 Å². The van der Waals surface area contributed by atoms with Crippen LogP contribution < -0.4 is 5.73 Å². The third kappa shape index (κ3) is 2.88. The van der Waals surface area contributed by atoms with Crippen molar-refractivity contribution in [2.24, 2.45) is 0 Å². The van der Waals surface area contributed by atoms with E-state index in [0.717, 1.165) is 28.4 Å². The number of halogens is 1. The molecule has 1 heterocycles. The summed E-state index contributed by atoms with van der Waals surface area (Å²) in [6, 6.07) is 16.9. The monoisotopic (exact) mass is 351 g/mol. The van der Waals surface area contributed by atoms with Crippen molar-refractivity contribution in [2.45, 2.75) is 19.8 Å². The molecule has 0 amide bonds. The minimum atomic E-state index is 0.783. The van der Waals surface area contributed by atoms with E-state index in [1.54, 1.807) is 11.3 Å². The maximum absolute atomic E-state index is 6.32. The maximum Gasteiger partial charge on any atom is 0.0937 e. The Labute approximate surface area is 151 Å². The predicted octanol–water partition coefficient (Wildman–Crippen LogP) is 5.98. The lowest BCUT2D eigenvalue weighted by molar-refractivity contribution is 0.983. The molecule has 1 nitrogen and oxygen atoms in total. The molecule has 0 unspecified atom stereocenters. The first-order chi connectivity index (χ1) is 11.6. The molecule has 0 bridgehead atoms. The van der Waals surface area contributed by atoms with Crippen LogP contribution in [0.1, 0.15) is 32.7 Å². The van der Waals surface area contributed by atoms with Gasteiger partial charge in [0.2, 0.25) is 0 Å². The molecule has 24 heavy (non-hydrogen) atoms. The Balaban J connectivity index is 1.96. The lowest BCUT2D eigenvalue weighted by Gasteiger charge is -2.11. The van der Waals surface area contributed by atoms with Crippen molar-refractivity contribution in [3.05, 3.63) is 85.6 Å². The summed E-state index contributed by atoms with van der Waals surface area (Å²) >= 11 is 8.02. The maximum atomic E-state index is 6.32. The fraction of sp³-hybridized carbons (Fsp3) is 0.143. The second-order valence-electron chi connectivity index (χ2n) is 6.28. The Morgan fingerprint density at radius 1 is 1.04 bits per heavy atom. The molecule has 1 aromatic heterocycles. The third-order valence-electron chi connectivity index (χ3n) is 4.46. The third-order valence-corrected chi connectivity index (χ3v) is 5.79. The molecule has 4 rings (SSSR count). The summed E-state index contributed by atoms with van der Waals surface area (Å²) in [4.78, 5) is 1.36. The molecular weight excluding hydrogens is 334 g/mol. The number of nitrogens with two attached hydrogens (primary N) is 1. The number of benzene rings is 2. The van der Waals surface area contributed by atoms with Crippen LogP contribution in [0.4, 0.5) is 5.69 Å². The van der Waals surface area contributed by atoms with Gasteiger partial charge >= 0.3 is 0 Å². The van der Waals surface area contributed by atoms with Crippen LogP contribution in [-0.2, 0) is 12.8 Å². The molecule has 0 fully saturated rings. The van der Waals surface area contributed by atoms with E-state index < -0.39 is 0 Å². The number of aryl methyl sites for hydroxylation is 3. The molecule has 0 saturated heterocycles. The molecule has 0 atom stereocenters. The highest BCUT2D eigenvalue weighted by molar-refractivity contribution is 7.16. The molecule has 0 aliphatic heterocycles. The summed E-state index contributed by atoms with van der Waals surface area (Å²) in [5, 5.41) is 0. The Hall–Kier alpha value is -2.03. The van der Waals surface area contributed by atoms with Gasteiger partial charge < -0.3 is 5.73 Å². The van der Waals surface area contributed by atoms with Crippen LogP contribution in [0.25, 0.3) is 11.6 Å². The Morgan fingerprint density at radius 2 is 1.92 bits per heavy atom. The molecule has 120 valence electrons. The molecule has 0 spiro atoms. The number of fused-ring (bicyclic) bond motifs is 2. The average Bonchev–Trinajstić information content (AvgIpc) is 2.86. The van der Waals surface area contributed by atoms with E-state index in [1.807, 2.05) is 18.2 Å². The number of rotatable bonds is 1. The van der Waals surface area contributed by atoms with E-state index in [9.17, 15) is 0 Å². The normalized spacial score (nSPS) is 15.0. The number of hydrogen-bond acceptors (Lipinski definition) is 2. The standard InChI is InChI=1S/C21H18ClNS/c1-13-5-7-17-15(9-13)6-8-20-19(12-21(22)24-20)18(17)11-14-3-2-4-16(23)10-14/h2-5,7,9-12H,6,8,23H2,1H3/b18-11+. The van der Waals surface area contributed by atoms with E-state index in [0.29, 0.717) is 0 Å². The lowest BCUT2D eigenvalue weighted by atomic mass is 9.93. The second kappa shape index (κ2) is 6.12. The van der Waals surface area contributed by atoms with E-state index in [2.05, 4.69) is 43.3 Å². The number of hydrogen-bond donors (Lipinski definition) is 1. The number of thiophene rings is 1. The smallest absolute Gasteiger partial charge is 0.0937 e. The van der Waals surface area contributed by atoms with Gasteiger partial charge in [-0.05, 0) is 71.9 Å². The van der Waals surface area contributed by atoms with Crippen LogP contribution in [0.3, 0.4) is 0 Å². The highest BCUT2D eigenvalue weighted by Gasteiger charge is 2.20. The van der Waals surface area contributed by atoms with Gasteiger partial charge in [-0.2, -0.15) is 0 Å². The molecule has 2 N–H and O–H groups in total. The zero-order valence-corrected chi connectivity index (χ0v) is 15.0. The SMILES string of the molecule is Cc1ccc2c(c1)CCc1sc(Cl)cc1/C2=C/c1cccc(N)c1. The molecule has 2 aromatic carbocycles. The van der Waals surface area contributed by atoms with Crippen LogP contribution in [0.2, 0.25) is 4.34 Å². The predicted molar refractivity (Wildman–Crippen MR) is 106 cm³/mol. The first-order valence-corrected chi connectivity index (χ1v) is 9.25. The Morgan fingerprint density at radius 3 is 2.75 bits per heavy atom. The number of anilines is 1. The largest absolute Gasteiger partial charge is 0.399 e. The van der Waals surface area contributed by atoms with Crippen molar-refractivity contribution in [2.75, 3.05) is 5.73 Å². The van der Waals surface area contributed by atoms with Crippen LogP contribution >= 0.6 is 22.9 Å². The van der Waals surface area contributed by atoms with Gasteiger partial charge in [0.25, 0.3) is 0 Å². The minimum Gasteiger partial charge on any atom is -0.399 e. The van der Waals surface area contributed by atoms with Crippen LogP contribution in [-0.4, -0.2) is 0 Å². The summed E-state index contributed by atoms with van der Waals surface area (Å²) in [6.07, 6.45) is 4.32. The van der Waals surface area contributed by atoms with E-state index in [-0.39, 0.29) is 0 Å². The summed E-state index contributed by atoms with van der Waals surface area (Å²) in [5.41, 5.74) is 14.4. The van der Waals surface area contributed by atoms with Crippen LogP contribution in [0, 0.1) is 6.92 Å². The second-order valence-corrected chi connectivity index (χ2v) is 8.04. The van der Waals surface area contributed by atoms with Crippen molar-refractivity contribution >= 4 is 40.3 Å². The van der Waals surface area contributed by atoms with Crippen molar-refractivity contribution in [3.8, 4) is 0 Å². The van der Waals surface area contributed by atoms with E-state index in [4.69, 9.17) is 17.3 Å². The van der Waals surface area contributed by atoms with Gasteiger partial charge in [0, 0.05) is 10.6 Å². The lowest BCUT2D eigenvalue weighted by Crippen LogP contribution is -1.93. The molecule has 3 heteroatoms. The fourth-order valence-electron chi connectivity index (χ4n) is 3.37. The molecule has 0 radical (unpaired) electrons. The van der Waals surface area contributed by atoms with Gasteiger partial charge in [0.15, 0.2) is 0 Å². The van der Waals surface area contributed by atoms with Crippen LogP contribution in [0.5, 0.6) is 0 Å². The highest BCUT2D eigenvalue weighted by atomic mass is 35.5. The summed E-state index contributed by atoms with van der Waals surface area (Å²) < 4.78 is 0.856. The van der Waals surface area contributed by atoms with E-state index >= 15 is 0 Å². The molecule has 1 aliphatic rings. The van der Waals surface area contributed by atoms with Gasteiger partial charge in [-0.15, -0.1) is 11.3 Å². The fourth-order valence-corrected chi connectivity index (χ4v) is 4.65. The molecule has 3 aromatic rings. The van der Waals surface area contributed by atoms with Crippen molar-refractivity contribution in [1.82, 2.24) is 0 Å². The Bertz CT molecular complexity index is 952. The summed E-state index contributed by atoms with van der Waals surface area (Å²) in [7, 11) is 0. The first kappa shape index (κ1) is 15.5. The summed E-state index contributed by atoms with van der Waals surface area (Å²) in [6.45, 7) is 2.15. The molecule has 0 saturated carbocycles. The molecule has 1 aliphatic carbocycles. The van der Waals surface area contributed by atoms with Gasteiger partial charge in [-0.3, -0.25) is 0 Å². The number of nitrogen functional groups attached to an aromatic ring is 1. The van der Waals surface area contributed by atoms with Gasteiger partial charge in [0.1, 0.15) is 0 Å². The molecular formula is C21H18ClNS.